The number of rotatable bonds is 2. The normalized spacial score (nSPS) is 13.5. The number of carbonyl (C=O) groups is 1. The molecule has 0 saturated carbocycles. The maximum absolute atomic E-state index is 12.6. The van der Waals surface area contributed by atoms with Gasteiger partial charge in [-0.2, -0.15) is 0 Å². The number of aromatic nitrogens is 1. The maximum Gasteiger partial charge on any atom is 0.196 e. The lowest BCUT2D eigenvalue weighted by Crippen LogP contribution is -2.13. The largest absolute Gasteiger partial charge is 0.493 e. The summed E-state index contributed by atoms with van der Waals surface area (Å²) in [5.74, 6) is 0.762. The predicted octanol–water partition coefficient (Wildman–Crippen LogP) is 2.95. The van der Waals surface area contributed by atoms with E-state index < -0.39 is 0 Å². The summed E-state index contributed by atoms with van der Waals surface area (Å²) in [7, 11) is 0. The Morgan fingerprint density at radius 3 is 3.05 bits per heavy atom. The van der Waals surface area contributed by atoms with Crippen LogP contribution in [0.3, 0.4) is 0 Å². The molecule has 0 bridgehead atoms. The molecule has 1 aliphatic rings. The van der Waals surface area contributed by atoms with Crippen molar-refractivity contribution in [3.05, 3.63) is 58.9 Å². The summed E-state index contributed by atoms with van der Waals surface area (Å²) in [6, 6.07) is 9.35. The van der Waals surface area contributed by atoms with Crippen molar-refractivity contribution in [3.8, 4) is 5.75 Å². The molecule has 96 valence electrons. The minimum absolute atomic E-state index is 0.00394. The Kier molecular flexibility index (Phi) is 3.03. The van der Waals surface area contributed by atoms with Gasteiger partial charge in [-0.15, -0.1) is 0 Å². The number of fused-ring (bicyclic) bond motifs is 1. The second-order valence-corrected chi connectivity index (χ2v) is 4.76. The lowest BCUT2D eigenvalue weighted by atomic mass is 9.97. The summed E-state index contributed by atoms with van der Waals surface area (Å²) in [6.07, 6.45) is 3.66. The molecule has 0 N–H and O–H groups in total. The zero-order chi connectivity index (χ0) is 13.2. The van der Waals surface area contributed by atoms with E-state index in [-0.39, 0.29) is 5.78 Å². The van der Waals surface area contributed by atoms with Crippen molar-refractivity contribution in [1.82, 2.24) is 4.98 Å². The zero-order valence-corrected chi connectivity index (χ0v) is 10.8. The van der Waals surface area contributed by atoms with Crippen LogP contribution in [0, 0.1) is 6.92 Å². The van der Waals surface area contributed by atoms with Crippen LogP contribution in [-0.4, -0.2) is 17.4 Å². The first-order valence-electron chi connectivity index (χ1n) is 6.48. The van der Waals surface area contributed by atoms with Gasteiger partial charge in [-0.25, -0.2) is 0 Å². The first-order valence-corrected chi connectivity index (χ1v) is 6.48. The Bertz CT molecular complexity index is 634. The summed E-state index contributed by atoms with van der Waals surface area (Å²) >= 11 is 0. The molecular formula is C16H15NO2. The SMILES string of the molecule is Cc1cc(C(=O)c2cccc3c2OCCC3)ccn1. The molecule has 1 aliphatic heterocycles. The molecular weight excluding hydrogens is 238 g/mol. The van der Waals surface area contributed by atoms with E-state index in [1.165, 1.54) is 0 Å². The molecule has 0 radical (unpaired) electrons. The van der Waals surface area contributed by atoms with Crippen LogP contribution < -0.4 is 4.74 Å². The number of aryl methyl sites for hydroxylation is 2. The number of para-hydroxylation sites is 1. The molecule has 0 atom stereocenters. The summed E-state index contributed by atoms with van der Waals surface area (Å²) in [6.45, 7) is 2.57. The molecule has 0 amide bonds. The molecule has 3 rings (SSSR count). The number of hydrogen-bond acceptors (Lipinski definition) is 3. The highest BCUT2D eigenvalue weighted by atomic mass is 16.5. The van der Waals surface area contributed by atoms with Crippen LogP contribution in [-0.2, 0) is 6.42 Å². The molecule has 0 spiro atoms. The topological polar surface area (TPSA) is 39.2 Å². The number of ketones is 1. The Labute approximate surface area is 112 Å². The van der Waals surface area contributed by atoms with Crippen LogP contribution in [0.2, 0.25) is 0 Å². The molecule has 2 heterocycles. The number of benzene rings is 1. The van der Waals surface area contributed by atoms with E-state index in [1.54, 1.807) is 12.3 Å². The van der Waals surface area contributed by atoms with Crippen LogP contribution in [0.4, 0.5) is 0 Å². The average Bonchev–Trinajstić information content (AvgIpc) is 2.46. The summed E-state index contributed by atoms with van der Waals surface area (Å²) in [5.41, 5.74) is 3.29. The molecule has 19 heavy (non-hydrogen) atoms. The Hall–Kier alpha value is -2.16. The number of nitrogens with zero attached hydrogens (tertiary/aromatic N) is 1. The second kappa shape index (κ2) is 4.84. The van der Waals surface area contributed by atoms with Crippen molar-refractivity contribution < 1.29 is 9.53 Å². The highest BCUT2D eigenvalue weighted by Gasteiger charge is 2.20. The van der Waals surface area contributed by atoms with Gasteiger partial charge in [0.15, 0.2) is 5.78 Å². The highest BCUT2D eigenvalue weighted by Crippen LogP contribution is 2.30. The lowest BCUT2D eigenvalue weighted by molar-refractivity contribution is 0.103. The molecule has 0 aliphatic carbocycles. The molecule has 1 aromatic heterocycles. The first kappa shape index (κ1) is 11.9. The fourth-order valence-corrected chi connectivity index (χ4v) is 2.41. The standard InChI is InChI=1S/C16H15NO2/c1-11-10-13(7-8-17-11)15(18)14-6-2-4-12-5-3-9-19-16(12)14/h2,4,6-8,10H,3,5,9H2,1H3. The van der Waals surface area contributed by atoms with Gasteiger partial charge in [-0.3, -0.25) is 9.78 Å². The van der Waals surface area contributed by atoms with Crippen LogP contribution in [0.25, 0.3) is 0 Å². The van der Waals surface area contributed by atoms with Gasteiger partial charge in [0, 0.05) is 17.5 Å². The summed E-state index contributed by atoms with van der Waals surface area (Å²) in [4.78, 5) is 16.7. The monoisotopic (exact) mass is 253 g/mol. The van der Waals surface area contributed by atoms with E-state index in [2.05, 4.69) is 4.98 Å². The van der Waals surface area contributed by atoms with E-state index in [1.807, 2.05) is 31.2 Å². The second-order valence-electron chi connectivity index (χ2n) is 4.76. The average molecular weight is 253 g/mol. The van der Waals surface area contributed by atoms with Crippen molar-refractivity contribution in [2.45, 2.75) is 19.8 Å². The fourth-order valence-electron chi connectivity index (χ4n) is 2.41. The molecule has 3 nitrogen and oxygen atoms in total. The van der Waals surface area contributed by atoms with Crippen molar-refractivity contribution in [2.24, 2.45) is 0 Å². The Morgan fingerprint density at radius 2 is 2.21 bits per heavy atom. The maximum atomic E-state index is 12.6. The Morgan fingerprint density at radius 1 is 1.32 bits per heavy atom. The lowest BCUT2D eigenvalue weighted by Gasteiger charge is -2.19. The number of hydrogen-bond donors (Lipinski definition) is 0. The third-order valence-corrected chi connectivity index (χ3v) is 3.34. The minimum atomic E-state index is 0.00394. The summed E-state index contributed by atoms with van der Waals surface area (Å²) < 4.78 is 5.69. The first-order chi connectivity index (χ1) is 9.25. The van der Waals surface area contributed by atoms with Crippen molar-refractivity contribution >= 4 is 5.78 Å². The minimum Gasteiger partial charge on any atom is -0.493 e. The molecule has 0 saturated heterocycles. The highest BCUT2D eigenvalue weighted by molar-refractivity contribution is 6.11. The van der Waals surface area contributed by atoms with Gasteiger partial charge in [-0.05, 0) is 43.5 Å². The Balaban J connectivity index is 2.05. The van der Waals surface area contributed by atoms with Crippen LogP contribution in [0.5, 0.6) is 5.75 Å². The molecule has 2 aromatic rings. The van der Waals surface area contributed by atoms with Crippen LogP contribution >= 0.6 is 0 Å². The summed E-state index contributed by atoms with van der Waals surface area (Å²) in [5, 5.41) is 0. The molecule has 0 fully saturated rings. The third-order valence-electron chi connectivity index (χ3n) is 3.34. The molecule has 0 unspecified atom stereocenters. The van der Waals surface area contributed by atoms with Gasteiger partial charge >= 0.3 is 0 Å². The number of ether oxygens (including phenoxy) is 1. The van der Waals surface area contributed by atoms with Gasteiger partial charge in [0.2, 0.25) is 0 Å². The van der Waals surface area contributed by atoms with Gasteiger partial charge in [-0.1, -0.05) is 12.1 Å². The van der Waals surface area contributed by atoms with Crippen molar-refractivity contribution in [3.63, 3.8) is 0 Å². The zero-order valence-electron chi connectivity index (χ0n) is 10.8. The molecule has 1 aromatic carbocycles. The quantitative estimate of drug-likeness (QED) is 0.772. The van der Waals surface area contributed by atoms with E-state index in [4.69, 9.17) is 4.74 Å². The third kappa shape index (κ3) is 2.24. The van der Waals surface area contributed by atoms with Crippen LogP contribution in [0.1, 0.15) is 33.6 Å². The smallest absolute Gasteiger partial charge is 0.196 e. The van der Waals surface area contributed by atoms with Gasteiger partial charge in [0.1, 0.15) is 5.75 Å². The van der Waals surface area contributed by atoms with E-state index >= 15 is 0 Å². The van der Waals surface area contributed by atoms with E-state index in [9.17, 15) is 4.79 Å². The van der Waals surface area contributed by atoms with Gasteiger partial charge < -0.3 is 4.74 Å². The van der Waals surface area contributed by atoms with Crippen molar-refractivity contribution in [1.29, 1.82) is 0 Å². The van der Waals surface area contributed by atoms with Crippen molar-refractivity contribution in [2.75, 3.05) is 6.61 Å². The van der Waals surface area contributed by atoms with E-state index in [0.717, 1.165) is 29.8 Å². The van der Waals surface area contributed by atoms with Gasteiger partial charge in [0.25, 0.3) is 0 Å². The molecule has 3 heteroatoms. The van der Waals surface area contributed by atoms with E-state index in [0.29, 0.717) is 17.7 Å². The predicted molar refractivity (Wildman–Crippen MR) is 72.7 cm³/mol. The number of pyridine rings is 1. The number of carbonyl (C=O) groups excluding carboxylic acids is 1. The van der Waals surface area contributed by atoms with Gasteiger partial charge in [0.05, 0.1) is 12.2 Å². The fraction of sp³-hybridized carbons (Fsp3) is 0.250. The van der Waals surface area contributed by atoms with Crippen LogP contribution in [0.15, 0.2) is 36.5 Å².